The number of para-hydroxylation sites is 1. The molecule has 0 bridgehead atoms. The van der Waals surface area contributed by atoms with Crippen molar-refractivity contribution in [2.24, 2.45) is 0 Å². The number of thiazole rings is 1. The number of nitrogens with zero attached hydrogens (tertiary/aromatic N) is 2. The van der Waals surface area contributed by atoms with Gasteiger partial charge in [-0.15, -0.1) is 11.3 Å². The van der Waals surface area contributed by atoms with Crippen LogP contribution in [0.25, 0.3) is 21.9 Å². The second-order valence-corrected chi connectivity index (χ2v) is 8.51. The number of benzene rings is 2. The van der Waals surface area contributed by atoms with Crippen LogP contribution in [0.1, 0.15) is 16.1 Å². The number of hydrogen-bond donors (Lipinski definition) is 2. The summed E-state index contributed by atoms with van der Waals surface area (Å²) in [5, 5.41) is 15.3. The molecule has 5 rings (SSSR count). The van der Waals surface area contributed by atoms with E-state index in [9.17, 15) is 5.11 Å². The van der Waals surface area contributed by atoms with Crippen LogP contribution in [0.2, 0.25) is 5.02 Å². The number of aliphatic hydroxyl groups excluding tert-OH is 1. The molecule has 1 atom stereocenters. The van der Waals surface area contributed by atoms with Gasteiger partial charge < -0.3 is 15.2 Å². The van der Waals surface area contributed by atoms with Gasteiger partial charge in [0.05, 0.1) is 15.3 Å². The summed E-state index contributed by atoms with van der Waals surface area (Å²) in [6.45, 7) is 5.04. The summed E-state index contributed by atoms with van der Waals surface area (Å²) < 4.78 is 6.84. The average molecular weight is 414 g/mol. The summed E-state index contributed by atoms with van der Waals surface area (Å²) in [6, 6.07) is 11.9. The van der Waals surface area contributed by atoms with Gasteiger partial charge in [0.25, 0.3) is 0 Å². The molecule has 7 heteroatoms. The monoisotopic (exact) mass is 413 g/mol. The quantitative estimate of drug-likeness (QED) is 0.687. The summed E-state index contributed by atoms with van der Waals surface area (Å²) in [5.74, 6) is 0.711. The van der Waals surface area contributed by atoms with Crippen LogP contribution >= 0.6 is 22.9 Å². The highest BCUT2D eigenvalue weighted by Crippen LogP contribution is 2.38. The van der Waals surface area contributed by atoms with Gasteiger partial charge in [0.2, 0.25) is 6.29 Å². The van der Waals surface area contributed by atoms with Crippen LogP contribution in [-0.4, -0.2) is 47.5 Å². The van der Waals surface area contributed by atoms with E-state index < -0.39 is 6.29 Å². The molecule has 1 unspecified atom stereocenters. The van der Waals surface area contributed by atoms with E-state index in [0.717, 1.165) is 53.5 Å². The zero-order valence-electron chi connectivity index (χ0n) is 15.2. The van der Waals surface area contributed by atoms with Gasteiger partial charge >= 0.3 is 0 Å². The molecule has 2 N–H and O–H groups in total. The molecule has 0 radical (unpaired) electrons. The molecule has 1 aromatic heterocycles. The molecule has 1 saturated heterocycles. The lowest BCUT2D eigenvalue weighted by Crippen LogP contribution is -2.42. The maximum Gasteiger partial charge on any atom is 0.227 e. The molecule has 0 saturated carbocycles. The Morgan fingerprint density at radius 2 is 2.11 bits per heavy atom. The molecule has 5 nitrogen and oxygen atoms in total. The highest BCUT2D eigenvalue weighted by molar-refractivity contribution is 7.19. The van der Waals surface area contributed by atoms with E-state index in [4.69, 9.17) is 16.3 Å². The number of ether oxygens (including phenoxy) is 1. The van der Waals surface area contributed by atoms with Crippen molar-refractivity contribution in [1.82, 2.24) is 15.2 Å². The van der Waals surface area contributed by atoms with Gasteiger partial charge in [-0.1, -0.05) is 29.8 Å². The molecule has 2 aliphatic heterocycles. The van der Waals surface area contributed by atoms with Gasteiger partial charge in [0, 0.05) is 38.3 Å². The van der Waals surface area contributed by atoms with Gasteiger partial charge in [-0.05, 0) is 29.8 Å². The van der Waals surface area contributed by atoms with E-state index in [2.05, 4.69) is 27.3 Å². The molecule has 2 aliphatic rings. The number of rotatable bonds is 3. The second kappa shape index (κ2) is 7.46. The third kappa shape index (κ3) is 3.43. The number of fused-ring (bicyclic) bond motifs is 2. The predicted octanol–water partition coefficient (Wildman–Crippen LogP) is 3.61. The fourth-order valence-electron chi connectivity index (χ4n) is 3.65. The molecule has 1 fully saturated rings. The molecule has 0 amide bonds. The Labute approximate surface area is 172 Å². The predicted molar refractivity (Wildman–Crippen MR) is 114 cm³/mol. The van der Waals surface area contributed by atoms with Crippen molar-refractivity contribution in [2.45, 2.75) is 12.8 Å². The van der Waals surface area contributed by atoms with Crippen molar-refractivity contribution in [2.75, 3.05) is 26.2 Å². The Bertz CT molecular complexity index is 1060. The van der Waals surface area contributed by atoms with Gasteiger partial charge in [-0.2, -0.15) is 0 Å². The number of halogens is 1. The highest BCUT2D eigenvalue weighted by atomic mass is 35.5. The van der Waals surface area contributed by atoms with E-state index in [1.165, 1.54) is 16.9 Å². The standard InChI is InChI=1S/C21H20ClN3O2S/c22-16-2-1-3-18-19(16)24-20(28-18)15-11-14-5-4-13(10-17(14)27-21(15)26)12-25-8-6-23-7-9-25/h1-5,10-11,21,23,26H,6-9,12H2. The van der Waals surface area contributed by atoms with Crippen LogP contribution in [0, 0.1) is 0 Å². The summed E-state index contributed by atoms with van der Waals surface area (Å²) in [6.07, 6.45) is 0.922. The lowest BCUT2D eigenvalue weighted by molar-refractivity contribution is 0.0319. The number of hydrogen-bond acceptors (Lipinski definition) is 6. The Morgan fingerprint density at radius 3 is 2.93 bits per heavy atom. The third-order valence-electron chi connectivity index (χ3n) is 5.13. The summed E-state index contributed by atoms with van der Waals surface area (Å²) in [4.78, 5) is 7.04. The first-order valence-electron chi connectivity index (χ1n) is 9.35. The van der Waals surface area contributed by atoms with Gasteiger partial charge in [-0.3, -0.25) is 4.90 Å². The van der Waals surface area contributed by atoms with E-state index in [0.29, 0.717) is 16.3 Å². The minimum absolute atomic E-state index is 0.616. The van der Waals surface area contributed by atoms with Gasteiger partial charge in [0.15, 0.2) is 0 Å². The molecule has 144 valence electrons. The van der Waals surface area contributed by atoms with Crippen LogP contribution in [0.3, 0.4) is 0 Å². The fourth-order valence-corrected chi connectivity index (χ4v) is 4.95. The average Bonchev–Trinajstić information content (AvgIpc) is 3.14. The molecule has 2 aromatic carbocycles. The topological polar surface area (TPSA) is 57.6 Å². The smallest absolute Gasteiger partial charge is 0.227 e. The Morgan fingerprint density at radius 1 is 1.25 bits per heavy atom. The molecular formula is C21H20ClN3O2S. The van der Waals surface area contributed by atoms with Crippen LogP contribution < -0.4 is 10.1 Å². The highest BCUT2D eigenvalue weighted by Gasteiger charge is 2.25. The van der Waals surface area contributed by atoms with Crippen molar-refractivity contribution in [3.8, 4) is 5.75 Å². The minimum Gasteiger partial charge on any atom is -0.460 e. The third-order valence-corrected chi connectivity index (χ3v) is 6.50. The van der Waals surface area contributed by atoms with E-state index in [1.54, 1.807) is 0 Å². The van der Waals surface area contributed by atoms with Crippen LogP contribution in [0.5, 0.6) is 5.75 Å². The van der Waals surface area contributed by atoms with Crippen molar-refractivity contribution < 1.29 is 9.84 Å². The first-order chi connectivity index (χ1) is 13.7. The lowest BCUT2D eigenvalue weighted by Gasteiger charge is -2.28. The molecule has 0 aliphatic carbocycles. The fraction of sp³-hybridized carbons (Fsp3) is 0.286. The van der Waals surface area contributed by atoms with E-state index in [-0.39, 0.29) is 0 Å². The van der Waals surface area contributed by atoms with Crippen molar-refractivity contribution >= 4 is 44.8 Å². The van der Waals surface area contributed by atoms with Gasteiger partial charge in [0.1, 0.15) is 16.3 Å². The number of piperazine rings is 1. The zero-order valence-corrected chi connectivity index (χ0v) is 16.8. The zero-order chi connectivity index (χ0) is 19.1. The second-order valence-electron chi connectivity index (χ2n) is 7.07. The molecule has 3 heterocycles. The molecule has 28 heavy (non-hydrogen) atoms. The Balaban J connectivity index is 1.45. The largest absolute Gasteiger partial charge is 0.460 e. The number of nitrogens with one attached hydrogen (secondary N) is 1. The number of aliphatic hydroxyl groups is 1. The normalized spacial score (nSPS) is 19.9. The van der Waals surface area contributed by atoms with Crippen LogP contribution in [0.15, 0.2) is 36.4 Å². The Hall–Kier alpha value is -1.96. The van der Waals surface area contributed by atoms with Gasteiger partial charge in [-0.25, -0.2) is 4.98 Å². The Kier molecular flexibility index (Phi) is 4.82. The summed E-state index contributed by atoms with van der Waals surface area (Å²) >= 11 is 7.75. The van der Waals surface area contributed by atoms with Crippen molar-refractivity contribution in [3.63, 3.8) is 0 Å². The number of aromatic nitrogens is 1. The first-order valence-corrected chi connectivity index (χ1v) is 10.5. The maximum atomic E-state index is 10.6. The molecular weight excluding hydrogens is 394 g/mol. The SMILES string of the molecule is OC1Oc2cc(CN3CCNCC3)ccc2C=C1c1nc2c(Cl)cccc2s1. The summed E-state index contributed by atoms with van der Waals surface area (Å²) in [7, 11) is 0. The minimum atomic E-state index is -1.04. The lowest BCUT2D eigenvalue weighted by atomic mass is 10.0. The van der Waals surface area contributed by atoms with E-state index >= 15 is 0 Å². The van der Waals surface area contributed by atoms with Crippen LogP contribution in [0.4, 0.5) is 0 Å². The van der Waals surface area contributed by atoms with E-state index in [1.807, 2.05) is 30.3 Å². The molecule has 0 spiro atoms. The van der Waals surface area contributed by atoms with Crippen molar-refractivity contribution in [1.29, 1.82) is 0 Å². The molecule has 3 aromatic rings. The van der Waals surface area contributed by atoms with Crippen LogP contribution in [-0.2, 0) is 6.54 Å². The first kappa shape index (κ1) is 18.1. The summed E-state index contributed by atoms with van der Waals surface area (Å²) in [5.41, 5.74) is 3.57. The maximum absolute atomic E-state index is 10.6. The van der Waals surface area contributed by atoms with Crippen molar-refractivity contribution in [3.05, 3.63) is 57.6 Å².